The molecule has 0 atom stereocenters. The summed E-state index contributed by atoms with van der Waals surface area (Å²) in [7, 11) is 0. The van der Waals surface area contributed by atoms with Crippen LogP contribution in [-0.4, -0.2) is 36.2 Å². The Morgan fingerprint density at radius 3 is 3.07 bits per heavy atom. The first kappa shape index (κ1) is 12.2. The molecule has 0 spiro atoms. The van der Waals surface area contributed by atoms with Crippen LogP contribution in [0.2, 0.25) is 0 Å². The average Bonchev–Trinajstić information content (AvgIpc) is 2.64. The first-order valence-electron chi connectivity index (χ1n) is 4.59. The van der Waals surface area contributed by atoms with Crippen molar-refractivity contribution in [1.29, 1.82) is 0 Å². The Morgan fingerprint density at radius 2 is 2.47 bits per heavy atom. The maximum absolute atomic E-state index is 11.4. The molecular weight excluding hydrogens is 264 g/mol. The maximum atomic E-state index is 11.4. The Bertz CT molecular complexity index is 314. The van der Waals surface area contributed by atoms with Crippen LogP contribution in [0.25, 0.3) is 0 Å². The van der Waals surface area contributed by atoms with E-state index in [-0.39, 0.29) is 5.91 Å². The summed E-state index contributed by atoms with van der Waals surface area (Å²) in [4.78, 5) is 11.4. The molecule has 0 bridgehead atoms. The van der Waals surface area contributed by atoms with Gasteiger partial charge in [-0.2, -0.15) is 0 Å². The summed E-state index contributed by atoms with van der Waals surface area (Å²) in [5.41, 5.74) is 0.299. The third-order valence-corrected chi connectivity index (χ3v) is 1.94. The van der Waals surface area contributed by atoms with Crippen molar-refractivity contribution in [2.24, 2.45) is 0 Å². The molecule has 1 amide bonds. The molecule has 1 N–H and O–H groups in total. The number of alkyl halides is 1. The molecule has 0 aliphatic carbocycles. The lowest BCUT2D eigenvalue weighted by Gasteiger charge is -2.02. The van der Waals surface area contributed by atoms with Gasteiger partial charge in [-0.1, -0.05) is 21.1 Å². The average molecular weight is 277 g/mol. The van der Waals surface area contributed by atoms with Gasteiger partial charge in [0.25, 0.3) is 5.91 Å². The highest BCUT2D eigenvalue weighted by Crippen LogP contribution is 2.00. The monoisotopic (exact) mass is 276 g/mol. The number of hydrogen-bond donors (Lipinski definition) is 1. The fourth-order valence-corrected chi connectivity index (χ4v) is 1.19. The van der Waals surface area contributed by atoms with Crippen molar-refractivity contribution < 1.29 is 14.1 Å². The van der Waals surface area contributed by atoms with Crippen LogP contribution in [0.3, 0.4) is 0 Å². The van der Waals surface area contributed by atoms with Crippen molar-refractivity contribution >= 4 is 21.8 Å². The van der Waals surface area contributed by atoms with Crippen LogP contribution in [-0.2, 0) is 4.74 Å². The predicted molar refractivity (Wildman–Crippen MR) is 58.2 cm³/mol. The van der Waals surface area contributed by atoms with Crippen LogP contribution >= 0.6 is 15.9 Å². The molecule has 0 aromatic carbocycles. The number of ether oxygens (including phenoxy) is 1. The Labute approximate surface area is 96.3 Å². The van der Waals surface area contributed by atoms with E-state index in [0.29, 0.717) is 31.2 Å². The van der Waals surface area contributed by atoms with Crippen molar-refractivity contribution in [3.8, 4) is 0 Å². The molecule has 1 rings (SSSR count). The van der Waals surface area contributed by atoms with Crippen LogP contribution in [0.1, 0.15) is 16.2 Å². The zero-order valence-corrected chi connectivity index (χ0v) is 10.0. The summed E-state index contributed by atoms with van der Waals surface area (Å²) < 4.78 is 9.95. The van der Waals surface area contributed by atoms with Gasteiger partial charge in [0.2, 0.25) is 0 Å². The Morgan fingerprint density at radius 1 is 1.67 bits per heavy atom. The van der Waals surface area contributed by atoms with Gasteiger partial charge in [0.05, 0.1) is 13.2 Å². The number of aromatic nitrogens is 1. The first-order chi connectivity index (χ1) is 7.24. The van der Waals surface area contributed by atoms with Gasteiger partial charge in [-0.3, -0.25) is 4.79 Å². The molecular formula is C9H13BrN2O3. The summed E-state index contributed by atoms with van der Waals surface area (Å²) in [6.45, 7) is 3.34. The number of carbonyl (C=O) groups is 1. The van der Waals surface area contributed by atoms with E-state index in [1.165, 1.54) is 0 Å². The van der Waals surface area contributed by atoms with Crippen LogP contribution in [0.5, 0.6) is 0 Å². The molecule has 6 heteroatoms. The fraction of sp³-hybridized carbons (Fsp3) is 0.556. The molecule has 84 valence electrons. The lowest BCUT2D eigenvalue weighted by Crippen LogP contribution is -2.27. The van der Waals surface area contributed by atoms with E-state index in [2.05, 4.69) is 26.4 Å². The Balaban J connectivity index is 2.19. The molecule has 0 fully saturated rings. The number of nitrogens with zero attached hydrogens (tertiary/aromatic N) is 1. The predicted octanol–water partition coefficient (Wildman–Crippen LogP) is 1.12. The van der Waals surface area contributed by atoms with Gasteiger partial charge in [0, 0.05) is 17.9 Å². The lowest BCUT2D eigenvalue weighted by atomic mass is 10.3. The number of hydrogen-bond acceptors (Lipinski definition) is 4. The van der Waals surface area contributed by atoms with Crippen LogP contribution in [0, 0.1) is 6.92 Å². The number of nitrogens with one attached hydrogen (secondary N) is 1. The quantitative estimate of drug-likeness (QED) is 0.625. The molecule has 5 nitrogen and oxygen atoms in total. The number of carbonyl (C=O) groups excluding carboxylic acids is 1. The van der Waals surface area contributed by atoms with Crippen molar-refractivity contribution in [3.05, 3.63) is 17.5 Å². The second-order valence-corrected chi connectivity index (χ2v) is 3.67. The molecule has 0 aliphatic rings. The highest BCUT2D eigenvalue weighted by molar-refractivity contribution is 9.09. The minimum atomic E-state index is -0.241. The normalized spacial score (nSPS) is 10.3. The highest BCUT2D eigenvalue weighted by Gasteiger charge is 2.09. The number of aryl methyl sites for hydroxylation is 1. The maximum Gasteiger partial charge on any atom is 0.273 e. The number of halogens is 1. The SMILES string of the molecule is Cc1cc(C(=O)NCCOCCBr)no1. The van der Waals surface area contributed by atoms with Gasteiger partial charge in [-0.15, -0.1) is 0 Å². The minimum absolute atomic E-state index is 0.241. The van der Waals surface area contributed by atoms with E-state index in [1.807, 2.05) is 0 Å². The summed E-state index contributed by atoms with van der Waals surface area (Å²) in [6, 6.07) is 1.59. The largest absolute Gasteiger partial charge is 0.379 e. The lowest BCUT2D eigenvalue weighted by molar-refractivity contribution is 0.0915. The molecule has 1 aromatic rings. The van der Waals surface area contributed by atoms with Gasteiger partial charge in [-0.05, 0) is 6.92 Å². The van der Waals surface area contributed by atoms with Crippen molar-refractivity contribution in [2.45, 2.75) is 6.92 Å². The third kappa shape index (κ3) is 4.44. The van der Waals surface area contributed by atoms with E-state index in [9.17, 15) is 4.79 Å². The van der Waals surface area contributed by atoms with Gasteiger partial charge < -0.3 is 14.6 Å². The summed E-state index contributed by atoms with van der Waals surface area (Å²) in [6.07, 6.45) is 0. The van der Waals surface area contributed by atoms with Crippen molar-refractivity contribution in [1.82, 2.24) is 10.5 Å². The second kappa shape index (κ2) is 6.58. The molecule has 0 saturated heterocycles. The van der Waals surface area contributed by atoms with Crippen LogP contribution < -0.4 is 5.32 Å². The second-order valence-electron chi connectivity index (χ2n) is 2.88. The van der Waals surface area contributed by atoms with Gasteiger partial charge in [0.15, 0.2) is 5.69 Å². The molecule has 0 aliphatic heterocycles. The standard InChI is InChI=1S/C9H13BrN2O3/c1-7-6-8(12-15-7)9(13)11-3-5-14-4-2-10/h6H,2-5H2,1H3,(H,11,13). The molecule has 15 heavy (non-hydrogen) atoms. The summed E-state index contributed by atoms with van der Waals surface area (Å²) in [5.74, 6) is 0.380. The molecule has 1 aromatic heterocycles. The van der Waals surface area contributed by atoms with Crippen molar-refractivity contribution in [3.63, 3.8) is 0 Å². The number of amides is 1. The smallest absolute Gasteiger partial charge is 0.273 e. The van der Waals surface area contributed by atoms with Gasteiger partial charge >= 0.3 is 0 Å². The van der Waals surface area contributed by atoms with E-state index in [1.54, 1.807) is 13.0 Å². The van der Waals surface area contributed by atoms with E-state index < -0.39 is 0 Å². The van der Waals surface area contributed by atoms with Gasteiger partial charge in [0.1, 0.15) is 5.76 Å². The Hall–Kier alpha value is -0.880. The fourth-order valence-electron chi connectivity index (χ4n) is 0.957. The summed E-state index contributed by atoms with van der Waals surface area (Å²) in [5, 5.41) is 7.06. The molecule has 0 radical (unpaired) electrons. The third-order valence-electron chi connectivity index (χ3n) is 1.61. The molecule has 0 unspecified atom stereocenters. The van der Waals surface area contributed by atoms with Crippen molar-refractivity contribution in [2.75, 3.05) is 25.1 Å². The van der Waals surface area contributed by atoms with E-state index >= 15 is 0 Å². The molecule has 0 saturated carbocycles. The highest BCUT2D eigenvalue weighted by atomic mass is 79.9. The Kier molecular flexibility index (Phi) is 5.34. The van der Waals surface area contributed by atoms with E-state index in [0.717, 1.165) is 5.33 Å². The zero-order valence-electron chi connectivity index (χ0n) is 8.46. The zero-order chi connectivity index (χ0) is 11.1. The van der Waals surface area contributed by atoms with E-state index in [4.69, 9.17) is 9.26 Å². The minimum Gasteiger partial charge on any atom is -0.379 e. The summed E-state index contributed by atoms with van der Waals surface area (Å²) >= 11 is 3.24. The number of rotatable bonds is 6. The van der Waals surface area contributed by atoms with Gasteiger partial charge in [-0.25, -0.2) is 0 Å². The van der Waals surface area contributed by atoms with Crippen LogP contribution in [0.15, 0.2) is 10.6 Å². The van der Waals surface area contributed by atoms with Crippen LogP contribution in [0.4, 0.5) is 0 Å². The first-order valence-corrected chi connectivity index (χ1v) is 5.71. The molecule has 1 heterocycles. The topological polar surface area (TPSA) is 64.4 Å².